The van der Waals surface area contributed by atoms with Crippen molar-refractivity contribution < 1.29 is 0 Å². The number of pyridine rings is 2. The lowest BCUT2D eigenvalue weighted by Crippen LogP contribution is -2.09. The number of benzene rings is 3. The summed E-state index contributed by atoms with van der Waals surface area (Å²) in [5.41, 5.74) is 22.0. The summed E-state index contributed by atoms with van der Waals surface area (Å²) < 4.78 is 0. The van der Waals surface area contributed by atoms with Gasteiger partial charge in [0.15, 0.2) is 0 Å². The minimum absolute atomic E-state index is 0.828. The molecule has 0 unspecified atom stereocenters. The number of rotatable bonds is 10. The SMILES string of the molecule is CC.CCC.CCc1c(CC)c(CC)c2c(c1CC)Cc1c(CC)c(CC)c(CC)c(CC)c1-2.CCc1nc(C)nc(CC)n1.c1cnc2c(c1)ccc1cccnc12. The molecule has 3 aromatic heterocycles. The summed E-state index contributed by atoms with van der Waals surface area (Å²) >= 11 is 0. The lowest BCUT2D eigenvalue weighted by Gasteiger charge is -2.25. The monoisotopic (exact) mass is 796 g/mol. The van der Waals surface area contributed by atoms with Gasteiger partial charge in [0.05, 0.1) is 11.0 Å². The molecule has 3 heterocycles. The van der Waals surface area contributed by atoms with Crippen molar-refractivity contribution in [2.75, 3.05) is 0 Å². The fraction of sp³-hybridized carbons (Fsp3) is 0.500. The molecule has 1 aliphatic carbocycles. The molecule has 59 heavy (non-hydrogen) atoms. The highest BCUT2D eigenvalue weighted by Gasteiger charge is 2.33. The topological polar surface area (TPSA) is 64.5 Å². The van der Waals surface area contributed by atoms with E-state index >= 15 is 0 Å². The summed E-state index contributed by atoms with van der Waals surface area (Å²) in [5.74, 6) is 2.62. The van der Waals surface area contributed by atoms with Crippen LogP contribution in [0.4, 0.5) is 0 Å². The van der Waals surface area contributed by atoms with Crippen molar-refractivity contribution in [1.82, 2.24) is 24.9 Å². The minimum Gasteiger partial charge on any atom is -0.254 e. The van der Waals surface area contributed by atoms with Crippen LogP contribution >= 0.6 is 0 Å². The van der Waals surface area contributed by atoms with Gasteiger partial charge < -0.3 is 0 Å². The van der Waals surface area contributed by atoms with E-state index in [1.54, 1.807) is 79.2 Å². The van der Waals surface area contributed by atoms with Gasteiger partial charge in [0.2, 0.25) is 0 Å². The first-order chi connectivity index (χ1) is 28.7. The van der Waals surface area contributed by atoms with E-state index in [9.17, 15) is 0 Å². The van der Waals surface area contributed by atoms with Crippen molar-refractivity contribution in [3.8, 4) is 11.1 Å². The Balaban J connectivity index is 0.000000255. The predicted octanol–water partition coefficient (Wildman–Crippen LogP) is 14.3. The smallest absolute Gasteiger partial charge is 0.132 e. The summed E-state index contributed by atoms with van der Waals surface area (Å²) in [5, 5.41) is 2.28. The minimum atomic E-state index is 0.828. The molecule has 0 radical (unpaired) electrons. The first kappa shape index (κ1) is 48.9. The number of aryl methyl sites for hydroxylation is 3. The molecular weight excluding hydrogens is 719 g/mol. The number of hydrogen-bond acceptors (Lipinski definition) is 5. The van der Waals surface area contributed by atoms with Gasteiger partial charge in [0, 0.05) is 36.0 Å². The standard InChI is InChI=1S/C29H42.C12H8N2.C8H13N3.C3H8.C2H6/c1-9-18-20(11-3)24(15-7)28-26(22(18)13-5)17-27-23(14-6)19(10-2)21(12-4)25(16-8)29(27)28;1-3-9-5-6-10-4-2-8-14-12(10)11(9)13-7-1;1-4-7-9-6(3)10-8(5-2)11-7;1-3-2;1-2/h9-17H2,1-8H3;1-8H;4-5H2,1-3H3;3H2,1-2H3;1-2H3. The Labute approximate surface area is 359 Å². The van der Waals surface area contributed by atoms with E-state index in [0.29, 0.717) is 0 Å². The number of nitrogens with zero attached hydrogens (tertiary/aromatic N) is 5. The molecule has 0 amide bonds. The third-order valence-electron chi connectivity index (χ3n) is 11.4. The van der Waals surface area contributed by atoms with Gasteiger partial charge in [-0.05, 0) is 144 Å². The molecule has 0 bridgehead atoms. The Morgan fingerprint density at radius 3 is 1.03 bits per heavy atom. The summed E-state index contributed by atoms with van der Waals surface area (Å²) in [4.78, 5) is 21.3. The maximum atomic E-state index is 4.35. The first-order valence-electron chi connectivity index (χ1n) is 23.4. The lowest BCUT2D eigenvalue weighted by atomic mass is 9.79. The van der Waals surface area contributed by atoms with Gasteiger partial charge in [-0.3, -0.25) is 9.97 Å². The maximum absolute atomic E-state index is 4.35. The van der Waals surface area contributed by atoms with Gasteiger partial charge >= 0.3 is 0 Å². The van der Waals surface area contributed by atoms with Crippen molar-refractivity contribution in [3.05, 3.63) is 122 Å². The van der Waals surface area contributed by atoms with Gasteiger partial charge in [-0.25, -0.2) is 15.0 Å². The Bertz CT molecular complexity index is 2100. The molecule has 0 atom stereocenters. The highest BCUT2D eigenvalue weighted by molar-refractivity contribution is 6.02. The number of fused-ring (bicyclic) bond motifs is 6. The molecule has 1 aliphatic rings. The van der Waals surface area contributed by atoms with Crippen molar-refractivity contribution in [3.63, 3.8) is 0 Å². The molecule has 0 aliphatic heterocycles. The zero-order chi connectivity index (χ0) is 43.6. The van der Waals surface area contributed by atoms with E-state index in [4.69, 9.17) is 0 Å². The molecule has 7 rings (SSSR count). The summed E-state index contributed by atoms with van der Waals surface area (Å²) in [6.07, 6.45) is 17.1. The fourth-order valence-corrected chi connectivity index (χ4v) is 9.17. The molecule has 0 fully saturated rings. The second kappa shape index (κ2) is 24.5. The quantitative estimate of drug-likeness (QED) is 0.129. The average molecular weight is 796 g/mol. The van der Waals surface area contributed by atoms with Crippen LogP contribution in [0.1, 0.15) is 176 Å². The van der Waals surface area contributed by atoms with Crippen LogP contribution in [0.3, 0.4) is 0 Å². The summed E-state index contributed by atoms with van der Waals surface area (Å²) in [7, 11) is 0. The molecule has 6 aromatic rings. The van der Waals surface area contributed by atoms with Crippen molar-refractivity contribution >= 4 is 21.8 Å². The van der Waals surface area contributed by atoms with E-state index < -0.39 is 0 Å². The van der Waals surface area contributed by atoms with E-state index in [1.807, 2.05) is 46.8 Å². The second-order valence-electron chi connectivity index (χ2n) is 14.9. The highest BCUT2D eigenvalue weighted by atomic mass is 15.0. The van der Waals surface area contributed by atoms with Crippen molar-refractivity contribution in [2.24, 2.45) is 0 Å². The summed E-state index contributed by atoms with van der Waals surface area (Å²) in [6, 6.07) is 12.1. The van der Waals surface area contributed by atoms with Gasteiger partial charge in [0.1, 0.15) is 17.5 Å². The third-order valence-corrected chi connectivity index (χ3v) is 11.4. The van der Waals surface area contributed by atoms with Crippen LogP contribution in [0.25, 0.3) is 32.9 Å². The Morgan fingerprint density at radius 2 is 0.729 bits per heavy atom. The van der Waals surface area contributed by atoms with Gasteiger partial charge in [0.25, 0.3) is 0 Å². The van der Waals surface area contributed by atoms with E-state index in [1.165, 1.54) is 38.5 Å². The molecule has 0 N–H and O–H groups in total. The lowest BCUT2D eigenvalue weighted by molar-refractivity contribution is 0.798. The summed E-state index contributed by atoms with van der Waals surface area (Å²) in [6.45, 7) is 33.2. The normalized spacial score (nSPS) is 11.0. The molecule has 0 spiro atoms. The zero-order valence-corrected chi connectivity index (χ0v) is 39.8. The second-order valence-corrected chi connectivity index (χ2v) is 14.9. The Hall–Kier alpha value is -4.51. The molecule has 0 saturated heterocycles. The van der Waals surface area contributed by atoms with E-state index in [0.717, 1.165) is 77.8 Å². The zero-order valence-electron chi connectivity index (χ0n) is 39.8. The molecule has 0 saturated carbocycles. The third kappa shape index (κ3) is 10.8. The molecule has 5 nitrogen and oxygen atoms in total. The van der Waals surface area contributed by atoms with Crippen LogP contribution in [0, 0.1) is 6.92 Å². The van der Waals surface area contributed by atoms with E-state index in [-0.39, 0.29) is 0 Å². The van der Waals surface area contributed by atoms with Crippen LogP contribution in [-0.2, 0) is 70.6 Å². The predicted molar refractivity (Wildman–Crippen MR) is 257 cm³/mol. The Morgan fingerprint density at radius 1 is 0.407 bits per heavy atom. The molecule has 318 valence electrons. The van der Waals surface area contributed by atoms with Crippen molar-refractivity contribution in [2.45, 2.75) is 181 Å². The number of hydrogen-bond donors (Lipinski definition) is 0. The fourth-order valence-electron chi connectivity index (χ4n) is 9.17. The van der Waals surface area contributed by atoms with Crippen LogP contribution < -0.4 is 0 Å². The van der Waals surface area contributed by atoms with Crippen LogP contribution in [0.2, 0.25) is 0 Å². The van der Waals surface area contributed by atoms with Crippen LogP contribution in [-0.4, -0.2) is 24.9 Å². The average Bonchev–Trinajstić information content (AvgIpc) is 3.67. The van der Waals surface area contributed by atoms with Gasteiger partial charge in [-0.15, -0.1) is 0 Å². The first-order valence-corrected chi connectivity index (χ1v) is 23.4. The van der Waals surface area contributed by atoms with Crippen molar-refractivity contribution in [1.29, 1.82) is 0 Å². The highest BCUT2D eigenvalue weighted by Crippen LogP contribution is 2.49. The molecule has 5 heteroatoms. The van der Waals surface area contributed by atoms with Gasteiger partial charge in [-0.1, -0.05) is 128 Å². The largest absolute Gasteiger partial charge is 0.254 e. The Kier molecular flexibility index (Phi) is 20.3. The molecular formula is C54H77N5. The number of aromatic nitrogens is 5. The van der Waals surface area contributed by atoms with E-state index in [2.05, 4.69) is 118 Å². The van der Waals surface area contributed by atoms with Crippen LogP contribution in [0.5, 0.6) is 0 Å². The molecule has 3 aromatic carbocycles. The van der Waals surface area contributed by atoms with Gasteiger partial charge in [-0.2, -0.15) is 0 Å². The van der Waals surface area contributed by atoms with Crippen LogP contribution in [0.15, 0.2) is 48.8 Å². The maximum Gasteiger partial charge on any atom is 0.132 e.